The molecule has 2 atom stereocenters. The van der Waals surface area contributed by atoms with Gasteiger partial charge in [-0.3, -0.25) is 0 Å². The maximum absolute atomic E-state index is 14.7. The van der Waals surface area contributed by atoms with Crippen molar-refractivity contribution in [1.29, 1.82) is 0 Å². The molecule has 0 aromatic heterocycles. The van der Waals surface area contributed by atoms with Crippen LogP contribution in [0.25, 0.3) is 0 Å². The molecule has 1 aliphatic heterocycles. The molecule has 1 saturated heterocycles. The molecule has 0 spiro atoms. The van der Waals surface area contributed by atoms with Crippen molar-refractivity contribution in [2.75, 3.05) is 30.8 Å². The van der Waals surface area contributed by atoms with E-state index in [0.29, 0.717) is 24.4 Å². The number of piperidine rings is 1. The third-order valence-corrected chi connectivity index (χ3v) is 5.01. The van der Waals surface area contributed by atoms with Gasteiger partial charge in [-0.15, -0.1) is 0 Å². The number of ether oxygens (including phenoxy) is 1. The van der Waals surface area contributed by atoms with Crippen molar-refractivity contribution < 1.29 is 13.5 Å². The molecule has 24 heavy (non-hydrogen) atoms. The molecule has 0 radical (unpaired) electrons. The number of nitrogens with zero attached hydrogens (tertiary/aromatic N) is 1. The van der Waals surface area contributed by atoms with Gasteiger partial charge in [-0.05, 0) is 24.1 Å². The monoisotopic (exact) mass is 396 g/mol. The van der Waals surface area contributed by atoms with E-state index in [9.17, 15) is 8.78 Å². The van der Waals surface area contributed by atoms with Crippen molar-refractivity contribution >= 4 is 27.3 Å². The molecule has 1 fully saturated rings. The summed E-state index contributed by atoms with van der Waals surface area (Å²) in [6.07, 6.45) is -0.447. The van der Waals surface area contributed by atoms with Crippen LogP contribution in [0.1, 0.15) is 17.9 Å². The lowest BCUT2D eigenvalue weighted by Crippen LogP contribution is -2.41. The van der Waals surface area contributed by atoms with Gasteiger partial charge in [0.2, 0.25) is 0 Å². The van der Waals surface area contributed by atoms with Crippen molar-refractivity contribution in [3.05, 3.63) is 52.3 Å². The number of benzene rings is 2. The molecule has 2 aromatic carbocycles. The smallest absolute Gasteiger partial charge is 0.148 e. The van der Waals surface area contributed by atoms with Gasteiger partial charge in [-0.1, -0.05) is 28.1 Å². The van der Waals surface area contributed by atoms with Gasteiger partial charge in [0, 0.05) is 35.6 Å². The normalized spacial score (nSPS) is 20.9. The van der Waals surface area contributed by atoms with Gasteiger partial charge < -0.3 is 15.4 Å². The summed E-state index contributed by atoms with van der Waals surface area (Å²) in [5.74, 6) is -0.229. The molecule has 0 bridgehead atoms. The number of alkyl halides is 1. The Balaban J connectivity index is 1.79. The largest absolute Gasteiger partial charge is 0.495 e. The van der Waals surface area contributed by atoms with Crippen molar-refractivity contribution in [2.45, 2.75) is 18.5 Å². The molecule has 2 aromatic rings. The van der Waals surface area contributed by atoms with Gasteiger partial charge in [0.25, 0.3) is 0 Å². The second-order valence-electron chi connectivity index (χ2n) is 5.95. The Hall–Kier alpha value is -1.82. The average Bonchev–Trinajstić information content (AvgIpc) is 2.56. The van der Waals surface area contributed by atoms with E-state index < -0.39 is 12.0 Å². The Labute approximate surface area is 148 Å². The van der Waals surface area contributed by atoms with Crippen LogP contribution in [-0.4, -0.2) is 26.4 Å². The van der Waals surface area contributed by atoms with Crippen LogP contribution in [-0.2, 0) is 0 Å². The van der Waals surface area contributed by atoms with E-state index in [4.69, 9.17) is 10.5 Å². The molecule has 0 saturated carbocycles. The third kappa shape index (κ3) is 3.34. The van der Waals surface area contributed by atoms with Crippen molar-refractivity contribution in [3.63, 3.8) is 0 Å². The molecule has 0 unspecified atom stereocenters. The molecule has 2 N–H and O–H groups in total. The summed E-state index contributed by atoms with van der Waals surface area (Å²) >= 11 is 3.39. The zero-order chi connectivity index (χ0) is 17.3. The molecule has 0 aliphatic carbocycles. The van der Waals surface area contributed by atoms with Crippen LogP contribution >= 0.6 is 15.9 Å². The first-order chi connectivity index (χ1) is 11.5. The summed E-state index contributed by atoms with van der Waals surface area (Å²) in [6.45, 7) is 0.718. The van der Waals surface area contributed by atoms with E-state index in [1.165, 1.54) is 19.2 Å². The predicted octanol–water partition coefficient (Wildman–Crippen LogP) is 4.51. The van der Waals surface area contributed by atoms with E-state index >= 15 is 0 Å². The standard InChI is InChI=1S/C18H19BrF2N2O/c1-24-18-9-17(14(20)8-16(18)22)23-7-6-13(15(21)10-23)11-2-4-12(19)5-3-11/h2-5,8-9,13,15H,6-7,10,22H2,1H3/t13-,15-/m1/s1. The van der Waals surface area contributed by atoms with Gasteiger partial charge in [0.05, 0.1) is 18.5 Å². The number of nitrogens with two attached hydrogens (primary N) is 1. The first-order valence-electron chi connectivity index (χ1n) is 7.77. The predicted molar refractivity (Wildman–Crippen MR) is 96.0 cm³/mol. The summed E-state index contributed by atoms with van der Waals surface area (Å²) in [6, 6.07) is 10.5. The number of hydrogen-bond donors (Lipinski definition) is 1. The highest BCUT2D eigenvalue weighted by Crippen LogP contribution is 2.36. The van der Waals surface area contributed by atoms with E-state index in [2.05, 4.69) is 15.9 Å². The second kappa shape index (κ2) is 6.97. The first kappa shape index (κ1) is 17.0. The lowest BCUT2D eigenvalue weighted by molar-refractivity contribution is 0.249. The fourth-order valence-electron chi connectivity index (χ4n) is 3.19. The Morgan fingerprint density at radius 3 is 2.58 bits per heavy atom. The Bertz CT molecular complexity index is 724. The summed E-state index contributed by atoms with van der Waals surface area (Å²) in [4.78, 5) is 1.72. The number of anilines is 2. The maximum Gasteiger partial charge on any atom is 0.148 e. The summed E-state index contributed by atoms with van der Waals surface area (Å²) in [7, 11) is 1.48. The second-order valence-corrected chi connectivity index (χ2v) is 6.87. The lowest BCUT2D eigenvalue weighted by atomic mass is 9.88. The van der Waals surface area contributed by atoms with Crippen LogP contribution in [0.5, 0.6) is 5.75 Å². The van der Waals surface area contributed by atoms with Crippen molar-refractivity contribution in [3.8, 4) is 5.75 Å². The Morgan fingerprint density at radius 1 is 1.25 bits per heavy atom. The van der Waals surface area contributed by atoms with Crippen LogP contribution in [0.3, 0.4) is 0 Å². The molecule has 0 amide bonds. The van der Waals surface area contributed by atoms with Crippen molar-refractivity contribution in [1.82, 2.24) is 0 Å². The number of halogens is 3. The van der Waals surface area contributed by atoms with E-state index in [1.54, 1.807) is 4.90 Å². The Kier molecular flexibility index (Phi) is 4.94. The third-order valence-electron chi connectivity index (χ3n) is 4.48. The number of rotatable bonds is 3. The minimum atomic E-state index is -1.07. The minimum Gasteiger partial charge on any atom is -0.495 e. The zero-order valence-corrected chi connectivity index (χ0v) is 14.9. The van der Waals surface area contributed by atoms with Gasteiger partial charge in [-0.25, -0.2) is 8.78 Å². The van der Waals surface area contributed by atoms with Crippen molar-refractivity contribution in [2.24, 2.45) is 0 Å². The molecular formula is C18H19BrF2N2O. The fraction of sp³-hybridized carbons (Fsp3) is 0.333. The lowest BCUT2D eigenvalue weighted by Gasteiger charge is -2.36. The van der Waals surface area contributed by atoms with Crippen LogP contribution in [0.4, 0.5) is 20.2 Å². The quantitative estimate of drug-likeness (QED) is 0.775. The van der Waals surface area contributed by atoms with Gasteiger partial charge in [0.1, 0.15) is 17.7 Å². The highest BCUT2D eigenvalue weighted by Gasteiger charge is 2.31. The number of methoxy groups -OCH3 is 1. The summed E-state index contributed by atoms with van der Waals surface area (Å²) in [5.41, 5.74) is 7.25. The highest BCUT2D eigenvalue weighted by atomic mass is 79.9. The van der Waals surface area contributed by atoms with Gasteiger partial charge in [-0.2, -0.15) is 0 Å². The molecule has 1 heterocycles. The number of nitrogen functional groups attached to an aromatic ring is 1. The summed E-state index contributed by atoms with van der Waals surface area (Å²) in [5, 5.41) is 0. The molecule has 1 aliphatic rings. The van der Waals surface area contributed by atoms with Crippen LogP contribution in [0.2, 0.25) is 0 Å². The van der Waals surface area contributed by atoms with E-state index in [0.717, 1.165) is 10.0 Å². The van der Waals surface area contributed by atoms with Gasteiger partial charge in [0.15, 0.2) is 0 Å². The maximum atomic E-state index is 14.7. The van der Waals surface area contributed by atoms with Gasteiger partial charge >= 0.3 is 0 Å². The number of hydrogen-bond acceptors (Lipinski definition) is 3. The highest BCUT2D eigenvalue weighted by molar-refractivity contribution is 9.10. The topological polar surface area (TPSA) is 38.5 Å². The molecule has 6 heteroatoms. The van der Waals surface area contributed by atoms with E-state index in [-0.39, 0.29) is 18.2 Å². The molecular weight excluding hydrogens is 378 g/mol. The molecule has 3 nitrogen and oxygen atoms in total. The Morgan fingerprint density at radius 2 is 1.96 bits per heavy atom. The van der Waals surface area contributed by atoms with Crippen LogP contribution < -0.4 is 15.4 Å². The van der Waals surface area contributed by atoms with E-state index in [1.807, 2.05) is 24.3 Å². The fourth-order valence-corrected chi connectivity index (χ4v) is 3.45. The molecule has 128 valence electrons. The average molecular weight is 397 g/mol. The first-order valence-corrected chi connectivity index (χ1v) is 8.56. The minimum absolute atomic E-state index is 0.144. The molecule has 3 rings (SSSR count). The van der Waals surface area contributed by atoms with Crippen LogP contribution in [0.15, 0.2) is 40.9 Å². The summed E-state index contributed by atoms with van der Waals surface area (Å²) < 4.78 is 35.1. The van der Waals surface area contributed by atoms with Crippen LogP contribution in [0, 0.1) is 5.82 Å². The SMILES string of the molecule is COc1cc(N2CC[C@H](c3ccc(Br)cc3)[C@H](F)C2)c(F)cc1N. The zero-order valence-electron chi connectivity index (χ0n) is 13.3.